The first kappa shape index (κ1) is 21.8. The summed E-state index contributed by atoms with van der Waals surface area (Å²) in [6.07, 6.45) is 5.34. The third kappa shape index (κ3) is 6.05. The fourth-order valence-corrected chi connectivity index (χ4v) is 3.91. The predicted octanol–water partition coefficient (Wildman–Crippen LogP) is 6.02. The zero-order valence-corrected chi connectivity index (χ0v) is 18.6. The number of nitrogens with zero attached hydrogens (tertiary/aromatic N) is 4. The summed E-state index contributed by atoms with van der Waals surface area (Å²) in [5.74, 6) is 0.477. The molecule has 1 fully saturated rings. The Balaban J connectivity index is 0.00000117. The van der Waals surface area contributed by atoms with Gasteiger partial charge in [0.2, 0.25) is 0 Å². The van der Waals surface area contributed by atoms with Gasteiger partial charge in [-0.2, -0.15) is 0 Å². The van der Waals surface area contributed by atoms with Crippen molar-refractivity contribution in [3.8, 4) is 5.69 Å². The van der Waals surface area contributed by atoms with Gasteiger partial charge in [0.25, 0.3) is 0 Å². The van der Waals surface area contributed by atoms with Crippen LogP contribution < -0.4 is 0 Å². The summed E-state index contributed by atoms with van der Waals surface area (Å²) in [7, 11) is 0. The fourth-order valence-electron chi connectivity index (χ4n) is 3.60. The molecule has 1 aliphatic rings. The molecule has 0 bridgehead atoms. The minimum Gasteiger partial charge on any atom is -0.303 e. The third-order valence-corrected chi connectivity index (χ3v) is 5.71. The summed E-state index contributed by atoms with van der Waals surface area (Å²) >= 11 is 12.0. The zero-order valence-electron chi connectivity index (χ0n) is 17.1. The molecule has 154 valence electrons. The minimum atomic E-state index is 0.477. The molecule has 0 radical (unpaired) electrons. The van der Waals surface area contributed by atoms with E-state index in [9.17, 15) is 0 Å². The Morgan fingerprint density at radius 3 is 2.38 bits per heavy atom. The van der Waals surface area contributed by atoms with E-state index >= 15 is 0 Å². The molecule has 2 aromatic carbocycles. The summed E-state index contributed by atoms with van der Waals surface area (Å²) in [5.41, 5.74) is 3.36. The van der Waals surface area contributed by atoms with E-state index in [2.05, 4.69) is 27.3 Å². The van der Waals surface area contributed by atoms with Crippen molar-refractivity contribution in [2.45, 2.75) is 39.0 Å². The van der Waals surface area contributed by atoms with Gasteiger partial charge in [-0.1, -0.05) is 60.5 Å². The van der Waals surface area contributed by atoms with E-state index in [-0.39, 0.29) is 0 Å². The van der Waals surface area contributed by atoms with E-state index < -0.39 is 0 Å². The van der Waals surface area contributed by atoms with Crippen molar-refractivity contribution in [3.63, 3.8) is 0 Å². The quantitative estimate of drug-likeness (QED) is 0.495. The maximum atomic E-state index is 6.07. The largest absolute Gasteiger partial charge is 0.303 e. The lowest BCUT2D eigenvalue weighted by molar-refractivity contribution is 0.213. The molecule has 4 nitrogen and oxygen atoms in total. The molecule has 0 aliphatic carbocycles. The lowest BCUT2D eigenvalue weighted by Crippen LogP contribution is -2.34. The molecule has 1 aromatic heterocycles. The van der Waals surface area contributed by atoms with Gasteiger partial charge in [-0.15, -0.1) is 5.10 Å². The average Bonchev–Trinajstić information content (AvgIpc) is 3.26. The molecule has 1 aliphatic heterocycles. The van der Waals surface area contributed by atoms with Crippen LogP contribution in [0.25, 0.3) is 5.69 Å². The number of benzene rings is 2. The fraction of sp³-hybridized carbons (Fsp3) is 0.391. The Bertz CT molecular complexity index is 884. The summed E-state index contributed by atoms with van der Waals surface area (Å²) in [6, 6.07) is 15.8. The van der Waals surface area contributed by atoms with Crippen molar-refractivity contribution in [2.75, 3.05) is 19.6 Å². The van der Waals surface area contributed by atoms with Crippen LogP contribution in [-0.2, 0) is 6.42 Å². The molecule has 0 atom stereocenters. The molecular weight excluding hydrogens is 403 g/mol. The van der Waals surface area contributed by atoms with Crippen molar-refractivity contribution >= 4 is 23.2 Å². The standard InChI is InChI=1S/C21H22Cl2N4.C2H6/c22-18-6-4-16(5-7-18)8-11-26-12-9-17(10-13-26)21-15-27(25-24-21)20-3-1-2-19(23)14-20;1-2/h1-7,14-15,17H,8-13H2;1-2H3. The maximum absolute atomic E-state index is 6.07. The van der Waals surface area contributed by atoms with Crippen LogP contribution in [0.4, 0.5) is 0 Å². The van der Waals surface area contributed by atoms with Crippen LogP contribution in [-0.4, -0.2) is 39.5 Å². The first-order chi connectivity index (χ1) is 14.2. The van der Waals surface area contributed by atoms with Gasteiger partial charge in [0.1, 0.15) is 0 Å². The summed E-state index contributed by atoms with van der Waals surface area (Å²) < 4.78 is 1.81. The van der Waals surface area contributed by atoms with Crippen LogP contribution in [0.2, 0.25) is 10.0 Å². The van der Waals surface area contributed by atoms with Crippen molar-refractivity contribution in [2.24, 2.45) is 0 Å². The Morgan fingerprint density at radius 2 is 1.69 bits per heavy atom. The summed E-state index contributed by atoms with van der Waals surface area (Å²) in [5, 5.41) is 10.2. The topological polar surface area (TPSA) is 34.0 Å². The number of hydrogen-bond donors (Lipinski definition) is 0. The van der Waals surface area contributed by atoms with Crippen LogP contribution in [0.3, 0.4) is 0 Å². The van der Waals surface area contributed by atoms with Crippen molar-refractivity contribution in [1.29, 1.82) is 0 Å². The monoisotopic (exact) mass is 430 g/mol. The Hall–Kier alpha value is -1.88. The van der Waals surface area contributed by atoms with E-state index in [0.29, 0.717) is 10.9 Å². The van der Waals surface area contributed by atoms with Crippen LogP contribution >= 0.6 is 23.2 Å². The highest BCUT2D eigenvalue weighted by molar-refractivity contribution is 6.30. The second-order valence-electron chi connectivity index (χ2n) is 7.06. The van der Waals surface area contributed by atoms with Gasteiger partial charge in [-0.05, 0) is 68.2 Å². The summed E-state index contributed by atoms with van der Waals surface area (Å²) in [6.45, 7) is 7.29. The van der Waals surface area contributed by atoms with Gasteiger partial charge < -0.3 is 4.90 Å². The molecule has 0 saturated carbocycles. The van der Waals surface area contributed by atoms with Gasteiger partial charge in [0.15, 0.2) is 0 Å². The van der Waals surface area contributed by atoms with Crippen LogP contribution in [0, 0.1) is 0 Å². The van der Waals surface area contributed by atoms with Crippen molar-refractivity contribution in [3.05, 3.63) is 76.0 Å². The molecule has 0 N–H and O–H groups in total. The minimum absolute atomic E-state index is 0.477. The van der Waals surface area contributed by atoms with Crippen LogP contribution in [0.1, 0.15) is 43.9 Å². The van der Waals surface area contributed by atoms with E-state index in [0.717, 1.165) is 55.3 Å². The van der Waals surface area contributed by atoms with Crippen LogP contribution in [0.15, 0.2) is 54.7 Å². The van der Waals surface area contributed by atoms with Crippen molar-refractivity contribution < 1.29 is 0 Å². The zero-order chi connectivity index (χ0) is 20.6. The van der Waals surface area contributed by atoms with Gasteiger partial charge in [-0.3, -0.25) is 0 Å². The normalized spacial score (nSPS) is 15.0. The first-order valence-corrected chi connectivity index (χ1v) is 11.1. The first-order valence-electron chi connectivity index (χ1n) is 10.3. The van der Waals surface area contributed by atoms with E-state index in [4.69, 9.17) is 23.2 Å². The molecular formula is C23H28Cl2N4. The van der Waals surface area contributed by atoms with Crippen molar-refractivity contribution in [1.82, 2.24) is 19.9 Å². The Kier molecular flexibility index (Phi) is 8.10. The molecule has 3 aromatic rings. The van der Waals surface area contributed by atoms with E-state index in [1.165, 1.54) is 5.56 Å². The number of hydrogen-bond acceptors (Lipinski definition) is 3. The van der Waals surface area contributed by atoms with Gasteiger partial charge in [0.05, 0.1) is 17.6 Å². The van der Waals surface area contributed by atoms with Crippen LogP contribution in [0.5, 0.6) is 0 Å². The predicted molar refractivity (Wildman–Crippen MR) is 121 cm³/mol. The van der Waals surface area contributed by atoms with Gasteiger partial charge in [-0.25, -0.2) is 4.68 Å². The second-order valence-corrected chi connectivity index (χ2v) is 7.93. The van der Waals surface area contributed by atoms with Gasteiger partial charge in [0, 0.05) is 22.5 Å². The maximum Gasteiger partial charge on any atom is 0.0863 e. The lowest BCUT2D eigenvalue weighted by Gasteiger charge is -2.31. The molecule has 2 heterocycles. The molecule has 0 amide bonds. The van der Waals surface area contributed by atoms with E-state index in [1.807, 2.05) is 61.1 Å². The summed E-state index contributed by atoms with van der Waals surface area (Å²) in [4.78, 5) is 2.53. The molecule has 0 spiro atoms. The third-order valence-electron chi connectivity index (χ3n) is 5.22. The molecule has 4 rings (SSSR count). The second kappa shape index (κ2) is 10.8. The number of piperidine rings is 1. The average molecular weight is 431 g/mol. The number of halogens is 2. The Morgan fingerprint density at radius 1 is 0.966 bits per heavy atom. The Labute approximate surface area is 183 Å². The highest BCUT2D eigenvalue weighted by atomic mass is 35.5. The molecule has 1 saturated heterocycles. The highest BCUT2D eigenvalue weighted by Crippen LogP contribution is 2.27. The molecule has 0 unspecified atom stereocenters. The lowest BCUT2D eigenvalue weighted by atomic mass is 9.94. The number of aromatic nitrogens is 3. The smallest absolute Gasteiger partial charge is 0.0863 e. The van der Waals surface area contributed by atoms with Gasteiger partial charge >= 0.3 is 0 Å². The highest BCUT2D eigenvalue weighted by Gasteiger charge is 2.23. The SMILES string of the molecule is CC.Clc1ccc(CCN2CCC(c3cn(-c4cccc(Cl)c4)nn3)CC2)cc1. The molecule has 6 heteroatoms. The number of rotatable bonds is 5. The molecule has 29 heavy (non-hydrogen) atoms. The van der Waals surface area contributed by atoms with E-state index in [1.54, 1.807) is 0 Å². The number of likely N-dealkylation sites (tertiary alicyclic amines) is 1.